The summed E-state index contributed by atoms with van der Waals surface area (Å²) in [5.74, 6) is -0.238. The van der Waals surface area contributed by atoms with Gasteiger partial charge in [0.15, 0.2) is 5.76 Å². The SMILES string of the molecule is CC(C)C1=C(O)C(=O)N(CCCn2ccnc2)C1c1ccccc1. The molecule has 24 heavy (non-hydrogen) atoms. The Morgan fingerprint density at radius 2 is 1.96 bits per heavy atom. The van der Waals surface area contributed by atoms with Crippen LogP contribution in [0.4, 0.5) is 0 Å². The van der Waals surface area contributed by atoms with Gasteiger partial charge in [0, 0.05) is 31.1 Å². The molecule has 0 saturated heterocycles. The van der Waals surface area contributed by atoms with Crippen molar-refractivity contribution in [1.29, 1.82) is 0 Å². The van der Waals surface area contributed by atoms with Crippen molar-refractivity contribution in [2.45, 2.75) is 32.9 Å². The molecular formula is C19H23N3O2. The van der Waals surface area contributed by atoms with Crippen molar-refractivity contribution in [3.05, 3.63) is 65.9 Å². The first-order chi connectivity index (χ1) is 11.6. The third kappa shape index (κ3) is 3.07. The van der Waals surface area contributed by atoms with Crippen molar-refractivity contribution in [3.63, 3.8) is 0 Å². The molecule has 2 aromatic rings. The number of hydrogen-bond acceptors (Lipinski definition) is 3. The van der Waals surface area contributed by atoms with Crippen LogP contribution >= 0.6 is 0 Å². The molecule has 5 nitrogen and oxygen atoms in total. The van der Waals surface area contributed by atoms with Crippen LogP contribution in [-0.4, -0.2) is 32.0 Å². The van der Waals surface area contributed by atoms with Gasteiger partial charge in [0.2, 0.25) is 0 Å². The number of nitrogens with zero attached hydrogens (tertiary/aromatic N) is 3. The lowest BCUT2D eigenvalue weighted by atomic mass is 9.91. The van der Waals surface area contributed by atoms with Gasteiger partial charge in [-0.25, -0.2) is 4.98 Å². The quantitative estimate of drug-likeness (QED) is 0.886. The van der Waals surface area contributed by atoms with E-state index >= 15 is 0 Å². The van der Waals surface area contributed by atoms with E-state index < -0.39 is 0 Å². The van der Waals surface area contributed by atoms with Crippen LogP contribution in [0.25, 0.3) is 0 Å². The summed E-state index contributed by atoms with van der Waals surface area (Å²) in [6.07, 6.45) is 6.24. The van der Waals surface area contributed by atoms with Crippen LogP contribution < -0.4 is 0 Å². The van der Waals surface area contributed by atoms with Crippen molar-refractivity contribution in [3.8, 4) is 0 Å². The number of carbonyl (C=O) groups is 1. The first-order valence-electron chi connectivity index (χ1n) is 8.34. The van der Waals surface area contributed by atoms with Gasteiger partial charge < -0.3 is 14.6 Å². The van der Waals surface area contributed by atoms with Crippen LogP contribution in [0.1, 0.15) is 31.9 Å². The lowest BCUT2D eigenvalue weighted by Gasteiger charge is -2.28. The molecular weight excluding hydrogens is 302 g/mol. The Hall–Kier alpha value is -2.56. The van der Waals surface area contributed by atoms with E-state index in [0.29, 0.717) is 6.54 Å². The molecule has 5 heteroatoms. The number of benzene rings is 1. The Morgan fingerprint density at radius 3 is 2.58 bits per heavy atom. The number of hydrogen-bond donors (Lipinski definition) is 1. The second-order valence-electron chi connectivity index (χ2n) is 6.42. The van der Waals surface area contributed by atoms with Crippen LogP contribution in [0.2, 0.25) is 0 Å². The fraction of sp³-hybridized carbons (Fsp3) is 0.368. The summed E-state index contributed by atoms with van der Waals surface area (Å²) in [4.78, 5) is 18.4. The maximum atomic E-state index is 12.6. The Labute approximate surface area is 142 Å². The molecule has 0 fully saturated rings. The third-order valence-electron chi connectivity index (χ3n) is 4.45. The van der Waals surface area contributed by atoms with Crippen LogP contribution in [0.3, 0.4) is 0 Å². The predicted molar refractivity (Wildman–Crippen MR) is 92.2 cm³/mol. The number of imidazole rings is 1. The molecule has 1 unspecified atom stereocenters. The average molecular weight is 325 g/mol. The van der Waals surface area contributed by atoms with E-state index in [1.165, 1.54) is 0 Å². The summed E-state index contributed by atoms with van der Waals surface area (Å²) in [5.41, 5.74) is 1.86. The zero-order valence-electron chi connectivity index (χ0n) is 14.1. The summed E-state index contributed by atoms with van der Waals surface area (Å²) >= 11 is 0. The molecule has 0 saturated carbocycles. The van der Waals surface area contributed by atoms with E-state index in [0.717, 1.165) is 24.1 Å². The van der Waals surface area contributed by atoms with Crippen LogP contribution in [0.5, 0.6) is 0 Å². The van der Waals surface area contributed by atoms with E-state index in [4.69, 9.17) is 0 Å². The second-order valence-corrected chi connectivity index (χ2v) is 6.42. The molecule has 1 N–H and O–H groups in total. The van der Waals surface area contributed by atoms with E-state index in [-0.39, 0.29) is 23.6 Å². The molecule has 126 valence electrons. The molecule has 1 aromatic heterocycles. The fourth-order valence-electron chi connectivity index (χ4n) is 3.33. The van der Waals surface area contributed by atoms with Gasteiger partial charge in [-0.3, -0.25) is 4.79 Å². The molecule has 0 radical (unpaired) electrons. The first-order valence-corrected chi connectivity index (χ1v) is 8.34. The zero-order valence-corrected chi connectivity index (χ0v) is 14.1. The number of carbonyl (C=O) groups excluding carboxylic acids is 1. The van der Waals surface area contributed by atoms with Gasteiger partial charge in [-0.15, -0.1) is 0 Å². The second kappa shape index (κ2) is 6.91. The van der Waals surface area contributed by atoms with Gasteiger partial charge in [0.1, 0.15) is 0 Å². The Kier molecular flexibility index (Phi) is 4.69. The molecule has 1 atom stereocenters. The molecule has 0 aliphatic carbocycles. The summed E-state index contributed by atoms with van der Waals surface area (Å²) < 4.78 is 1.99. The highest BCUT2D eigenvalue weighted by molar-refractivity contribution is 5.95. The monoisotopic (exact) mass is 325 g/mol. The van der Waals surface area contributed by atoms with Crippen molar-refractivity contribution in [2.24, 2.45) is 5.92 Å². The highest BCUT2D eigenvalue weighted by Crippen LogP contribution is 2.40. The highest BCUT2D eigenvalue weighted by Gasteiger charge is 2.40. The standard InChI is InChI=1S/C19H23N3O2/c1-14(2)16-17(15-7-4-3-5-8-15)22(19(24)18(16)23)11-6-10-21-12-9-20-13-21/h3-5,7-9,12-14,17,23H,6,10-11H2,1-2H3. The number of aliphatic hydroxyl groups excluding tert-OH is 1. The Balaban J connectivity index is 1.82. The molecule has 1 aliphatic rings. The molecule has 3 rings (SSSR count). The maximum absolute atomic E-state index is 12.6. The van der Waals surface area contributed by atoms with Crippen molar-refractivity contribution in [2.75, 3.05) is 6.54 Å². The molecule has 2 heterocycles. The van der Waals surface area contributed by atoms with Gasteiger partial charge in [-0.05, 0) is 17.9 Å². The highest BCUT2D eigenvalue weighted by atomic mass is 16.3. The summed E-state index contributed by atoms with van der Waals surface area (Å²) in [7, 11) is 0. The van der Waals surface area contributed by atoms with E-state index in [9.17, 15) is 9.90 Å². The van der Waals surface area contributed by atoms with Crippen LogP contribution in [0.15, 0.2) is 60.4 Å². The first kappa shape index (κ1) is 16.3. The molecule has 1 aromatic carbocycles. The van der Waals surface area contributed by atoms with Crippen LogP contribution in [-0.2, 0) is 11.3 Å². The minimum atomic E-state index is -0.266. The number of aromatic nitrogens is 2. The van der Waals surface area contributed by atoms with Crippen molar-refractivity contribution >= 4 is 5.91 Å². The summed E-state index contributed by atoms with van der Waals surface area (Å²) in [5, 5.41) is 10.4. The normalized spacial score (nSPS) is 18.0. The average Bonchev–Trinajstić information content (AvgIpc) is 3.17. The van der Waals surface area contributed by atoms with Gasteiger partial charge in [0.25, 0.3) is 5.91 Å². The van der Waals surface area contributed by atoms with E-state index in [2.05, 4.69) is 4.98 Å². The van der Waals surface area contributed by atoms with Gasteiger partial charge >= 0.3 is 0 Å². The smallest absolute Gasteiger partial charge is 0.289 e. The van der Waals surface area contributed by atoms with Gasteiger partial charge in [-0.2, -0.15) is 0 Å². The lowest BCUT2D eigenvalue weighted by molar-refractivity contribution is -0.129. The third-order valence-corrected chi connectivity index (χ3v) is 4.45. The molecule has 0 bridgehead atoms. The Bertz CT molecular complexity index is 720. The largest absolute Gasteiger partial charge is 0.503 e. The fourth-order valence-corrected chi connectivity index (χ4v) is 3.33. The minimum absolute atomic E-state index is 0.0820. The van der Waals surface area contributed by atoms with Gasteiger partial charge in [-0.1, -0.05) is 44.2 Å². The molecule has 1 aliphatic heterocycles. The maximum Gasteiger partial charge on any atom is 0.289 e. The van der Waals surface area contributed by atoms with E-state index in [1.54, 1.807) is 17.4 Å². The summed E-state index contributed by atoms with van der Waals surface area (Å²) in [6, 6.07) is 9.75. The minimum Gasteiger partial charge on any atom is -0.503 e. The predicted octanol–water partition coefficient (Wildman–Crippen LogP) is 3.32. The van der Waals surface area contributed by atoms with Crippen molar-refractivity contribution < 1.29 is 9.90 Å². The number of aliphatic hydroxyl groups is 1. The topological polar surface area (TPSA) is 58.4 Å². The van der Waals surface area contributed by atoms with Crippen LogP contribution in [0, 0.1) is 5.92 Å². The van der Waals surface area contributed by atoms with E-state index in [1.807, 2.05) is 54.9 Å². The molecule has 0 spiro atoms. The van der Waals surface area contributed by atoms with Crippen molar-refractivity contribution in [1.82, 2.24) is 14.5 Å². The molecule has 1 amide bonds. The number of rotatable bonds is 6. The zero-order chi connectivity index (χ0) is 17.1. The number of amides is 1. The number of aryl methyl sites for hydroxylation is 1. The lowest BCUT2D eigenvalue weighted by Crippen LogP contribution is -2.32. The summed E-state index contributed by atoms with van der Waals surface area (Å²) in [6.45, 7) is 5.42. The van der Waals surface area contributed by atoms with Gasteiger partial charge in [0.05, 0.1) is 12.4 Å². The Morgan fingerprint density at radius 1 is 1.21 bits per heavy atom.